The number of thiazole rings is 1. The van der Waals surface area contributed by atoms with Gasteiger partial charge in [-0.1, -0.05) is 5.16 Å². The van der Waals surface area contributed by atoms with Crippen LogP contribution in [-0.2, 0) is 0 Å². The maximum atomic E-state index is 13.3. The van der Waals surface area contributed by atoms with Crippen molar-refractivity contribution in [1.82, 2.24) is 9.97 Å². The number of pyridine rings is 1. The molecule has 0 aliphatic rings. The summed E-state index contributed by atoms with van der Waals surface area (Å²) >= 11 is 1.15. The van der Waals surface area contributed by atoms with Crippen molar-refractivity contribution < 1.29 is 14.4 Å². The molecule has 0 radical (unpaired) electrons. The predicted molar refractivity (Wildman–Crippen MR) is 68.3 cm³/mol. The van der Waals surface area contributed by atoms with Gasteiger partial charge < -0.3 is 5.21 Å². The smallest absolute Gasteiger partial charge is 0.260 e. The molecule has 0 atom stereocenters. The molecular weight excluding hydrogens is 271 g/mol. The number of carbonyl (C=O) groups is 1. The number of aromatic nitrogens is 2. The van der Waals surface area contributed by atoms with Crippen LogP contribution in [0.25, 0.3) is 0 Å². The van der Waals surface area contributed by atoms with E-state index in [4.69, 9.17) is 5.21 Å². The maximum Gasteiger partial charge on any atom is 0.260 e. The number of anilines is 1. The van der Waals surface area contributed by atoms with Gasteiger partial charge in [0, 0.05) is 11.6 Å². The quantitative estimate of drug-likeness (QED) is 0.512. The van der Waals surface area contributed by atoms with Crippen LogP contribution < -0.4 is 5.32 Å². The Morgan fingerprint density at radius 1 is 1.58 bits per heavy atom. The van der Waals surface area contributed by atoms with Gasteiger partial charge in [0.25, 0.3) is 5.91 Å². The third-order valence-electron chi connectivity index (χ3n) is 2.26. The summed E-state index contributed by atoms with van der Waals surface area (Å²) in [4.78, 5) is 19.4. The molecule has 98 valence electrons. The van der Waals surface area contributed by atoms with E-state index < -0.39 is 11.7 Å². The number of oxime groups is 1. The molecule has 2 N–H and O–H groups in total. The lowest BCUT2D eigenvalue weighted by atomic mass is 10.2. The first kappa shape index (κ1) is 13.1. The SMILES string of the molecule is CC(=NO)c1csc(NC(=O)c2ccncc2F)n1. The monoisotopic (exact) mass is 280 g/mol. The van der Waals surface area contributed by atoms with Crippen LogP contribution in [0.1, 0.15) is 23.0 Å². The highest BCUT2D eigenvalue weighted by molar-refractivity contribution is 7.14. The Hall–Kier alpha value is -2.35. The molecule has 0 aromatic carbocycles. The van der Waals surface area contributed by atoms with E-state index in [-0.39, 0.29) is 5.56 Å². The van der Waals surface area contributed by atoms with Crippen LogP contribution in [-0.4, -0.2) is 26.8 Å². The molecule has 2 rings (SSSR count). The van der Waals surface area contributed by atoms with Crippen molar-refractivity contribution in [2.24, 2.45) is 5.16 Å². The second-order valence-electron chi connectivity index (χ2n) is 3.53. The number of nitrogens with zero attached hydrogens (tertiary/aromatic N) is 3. The van der Waals surface area contributed by atoms with Crippen LogP contribution in [0.5, 0.6) is 0 Å². The van der Waals surface area contributed by atoms with Crippen LogP contribution in [0.4, 0.5) is 9.52 Å². The largest absolute Gasteiger partial charge is 0.411 e. The summed E-state index contributed by atoms with van der Waals surface area (Å²) in [5, 5.41) is 16.0. The van der Waals surface area contributed by atoms with E-state index in [1.807, 2.05) is 0 Å². The number of carbonyl (C=O) groups excluding carboxylic acids is 1. The van der Waals surface area contributed by atoms with Gasteiger partial charge in [0.2, 0.25) is 0 Å². The maximum absolute atomic E-state index is 13.3. The Kier molecular flexibility index (Phi) is 3.81. The van der Waals surface area contributed by atoms with Gasteiger partial charge >= 0.3 is 0 Å². The number of rotatable bonds is 3. The summed E-state index contributed by atoms with van der Waals surface area (Å²) in [6.07, 6.45) is 2.29. The second-order valence-corrected chi connectivity index (χ2v) is 4.39. The average molecular weight is 280 g/mol. The summed E-state index contributed by atoms with van der Waals surface area (Å²) in [7, 11) is 0. The lowest BCUT2D eigenvalue weighted by molar-refractivity contribution is 0.102. The normalized spacial score (nSPS) is 11.4. The van der Waals surface area contributed by atoms with Crippen LogP contribution in [0.3, 0.4) is 0 Å². The van der Waals surface area contributed by atoms with Gasteiger partial charge in [0.05, 0.1) is 11.8 Å². The number of nitrogens with one attached hydrogen (secondary N) is 1. The van der Waals surface area contributed by atoms with Gasteiger partial charge in [-0.3, -0.25) is 15.1 Å². The van der Waals surface area contributed by atoms with Gasteiger partial charge in [-0.15, -0.1) is 11.3 Å². The molecule has 0 saturated carbocycles. The zero-order valence-electron chi connectivity index (χ0n) is 9.79. The zero-order chi connectivity index (χ0) is 13.8. The van der Waals surface area contributed by atoms with Crippen molar-refractivity contribution in [3.63, 3.8) is 0 Å². The van der Waals surface area contributed by atoms with E-state index in [2.05, 4.69) is 20.4 Å². The lowest BCUT2D eigenvalue weighted by Gasteiger charge is -2.01. The Balaban J connectivity index is 2.16. The first-order valence-corrected chi connectivity index (χ1v) is 6.05. The van der Waals surface area contributed by atoms with Crippen LogP contribution in [0, 0.1) is 5.82 Å². The molecule has 8 heteroatoms. The molecule has 0 aliphatic heterocycles. The molecule has 19 heavy (non-hydrogen) atoms. The minimum atomic E-state index is -0.704. The van der Waals surface area contributed by atoms with Crippen LogP contribution in [0.15, 0.2) is 29.0 Å². The van der Waals surface area contributed by atoms with Gasteiger partial charge in [-0.2, -0.15) is 0 Å². The topological polar surface area (TPSA) is 87.5 Å². The van der Waals surface area contributed by atoms with Crippen molar-refractivity contribution in [1.29, 1.82) is 0 Å². The van der Waals surface area contributed by atoms with E-state index in [1.54, 1.807) is 12.3 Å². The summed E-state index contributed by atoms with van der Waals surface area (Å²) < 4.78 is 13.3. The predicted octanol–water partition coefficient (Wildman–Crippen LogP) is 2.13. The molecule has 6 nitrogen and oxygen atoms in total. The first-order chi connectivity index (χ1) is 9.11. The van der Waals surface area contributed by atoms with Gasteiger partial charge in [0.15, 0.2) is 10.9 Å². The zero-order valence-corrected chi connectivity index (χ0v) is 10.6. The van der Waals surface area contributed by atoms with E-state index in [9.17, 15) is 9.18 Å². The van der Waals surface area contributed by atoms with E-state index in [0.717, 1.165) is 17.5 Å². The minimum absolute atomic E-state index is 0.112. The second kappa shape index (κ2) is 5.53. The minimum Gasteiger partial charge on any atom is -0.411 e. The van der Waals surface area contributed by atoms with Crippen molar-refractivity contribution in [3.05, 3.63) is 40.9 Å². The highest BCUT2D eigenvalue weighted by atomic mass is 32.1. The number of hydrogen-bond acceptors (Lipinski definition) is 6. The molecule has 2 aromatic rings. The highest BCUT2D eigenvalue weighted by Crippen LogP contribution is 2.17. The summed E-state index contributed by atoms with van der Waals surface area (Å²) in [6, 6.07) is 1.28. The van der Waals surface area contributed by atoms with E-state index in [1.165, 1.54) is 12.3 Å². The van der Waals surface area contributed by atoms with Crippen molar-refractivity contribution >= 4 is 28.1 Å². The molecule has 2 heterocycles. The molecule has 0 fully saturated rings. The Labute approximate surface area is 111 Å². The fraction of sp³-hybridized carbons (Fsp3) is 0.0909. The van der Waals surface area contributed by atoms with Crippen LogP contribution >= 0.6 is 11.3 Å². The molecule has 0 saturated heterocycles. The fourth-order valence-electron chi connectivity index (χ4n) is 1.27. The van der Waals surface area contributed by atoms with E-state index in [0.29, 0.717) is 16.5 Å². The lowest BCUT2D eigenvalue weighted by Crippen LogP contribution is -2.14. The Morgan fingerprint density at radius 2 is 2.37 bits per heavy atom. The summed E-state index contributed by atoms with van der Waals surface area (Å²) in [5.41, 5.74) is 0.657. The molecule has 0 bridgehead atoms. The molecule has 0 unspecified atom stereocenters. The first-order valence-electron chi connectivity index (χ1n) is 5.17. The van der Waals surface area contributed by atoms with Crippen LogP contribution in [0.2, 0.25) is 0 Å². The third-order valence-corrected chi connectivity index (χ3v) is 3.02. The Bertz CT molecular complexity index is 641. The van der Waals surface area contributed by atoms with Gasteiger partial charge in [0.1, 0.15) is 11.4 Å². The Morgan fingerprint density at radius 3 is 3.05 bits per heavy atom. The fourth-order valence-corrected chi connectivity index (χ4v) is 2.02. The molecule has 1 amide bonds. The van der Waals surface area contributed by atoms with E-state index >= 15 is 0 Å². The highest BCUT2D eigenvalue weighted by Gasteiger charge is 2.13. The molecule has 0 aliphatic carbocycles. The molecular formula is C11H9FN4O2S. The number of hydrogen-bond donors (Lipinski definition) is 2. The van der Waals surface area contributed by atoms with Crippen molar-refractivity contribution in [3.8, 4) is 0 Å². The third kappa shape index (κ3) is 2.91. The average Bonchev–Trinajstić information content (AvgIpc) is 2.86. The van der Waals surface area contributed by atoms with Crippen molar-refractivity contribution in [2.45, 2.75) is 6.92 Å². The van der Waals surface area contributed by atoms with Gasteiger partial charge in [-0.05, 0) is 13.0 Å². The molecule has 2 aromatic heterocycles. The number of amides is 1. The van der Waals surface area contributed by atoms with Crippen molar-refractivity contribution in [2.75, 3.05) is 5.32 Å². The molecule has 0 spiro atoms. The number of halogens is 1. The summed E-state index contributed by atoms with van der Waals surface area (Å²) in [6.45, 7) is 1.57. The standard InChI is InChI=1S/C11H9FN4O2S/c1-6(16-18)9-5-19-11(14-9)15-10(17)7-2-3-13-4-8(7)12/h2-5,18H,1H3,(H,14,15,17). The summed E-state index contributed by atoms with van der Waals surface area (Å²) in [5.74, 6) is -1.32. The van der Waals surface area contributed by atoms with Gasteiger partial charge in [-0.25, -0.2) is 9.37 Å².